The number of fused-ring (bicyclic) bond motifs is 1. The SMILES string of the molecule is Brc1cc(-n2ncc3ccccc32)nc(C2CC2)n1. The molecule has 0 amide bonds. The molecule has 0 saturated heterocycles. The molecule has 4 nitrogen and oxygen atoms in total. The van der Waals surface area contributed by atoms with Crippen LogP contribution in [0.15, 0.2) is 41.1 Å². The topological polar surface area (TPSA) is 43.6 Å². The van der Waals surface area contributed by atoms with Gasteiger partial charge in [-0.3, -0.25) is 0 Å². The van der Waals surface area contributed by atoms with Crippen LogP contribution in [0, 0.1) is 0 Å². The molecule has 94 valence electrons. The van der Waals surface area contributed by atoms with Gasteiger partial charge in [0.15, 0.2) is 5.82 Å². The zero-order valence-corrected chi connectivity index (χ0v) is 11.7. The van der Waals surface area contributed by atoms with Crippen molar-refractivity contribution in [3.63, 3.8) is 0 Å². The minimum absolute atomic E-state index is 0.526. The van der Waals surface area contributed by atoms with Crippen molar-refractivity contribution in [1.29, 1.82) is 0 Å². The molecule has 0 aliphatic heterocycles. The fourth-order valence-electron chi connectivity index (χ4n) is 2.21. The predicted molar refractivity (Wildman–Crippen MR) is 76.3 cm³/mol. The molecule has 2 heterocycles. The summed E-state index contributed by atoms with van der Waals surface area (Å²) in [6.45, 7) is 0. The van der Waals surface area contributed by atoms with Gasteiger partial charge in [0, 0.05) is 17.4 Å². The highest BCUT2D eigenvalue weighted by molar-refractivity contribution is 9.10. The second-order valence-corrected chi connectivity index (χ2v) is 5.61. The number of aromatic nitrogens is 4. The normalized spacial score (nSPS) is 15.0. The van der Waals surface area contributed by atoms with Crippen LogP contribution in [0.25, 0.3) is 16.7 Å². The van der Waals surface area contributed by atoms with E-state index >= 15 is 0 Å². The van der Waals surface area contributed by atoms with Crippen molar-refractivity contribution < 1.29 is 0 Å². The lowest BCUT2D eigenvalue weighted by Crippen LogP contribution is -2.03. The Morgan fingerprint density at radius 1 is 1.16 bits per heavy atom. The van der Waals surface area contributed by atoms with E-state index in [9.17, 15) is 0 Å². The molecular weight excluding hydrogens is 304 g/mol. The van der Waals surface area contributed by atoms with Crippen molar-refractivity contribution in [2.45, 2.75) is 18.8 Å². The molecule has 2 aromatic heterocycles. The lowest BCUT2D eigenvalue weighted by Gasteiger charge is -2.05. The first kappa shape index (κ1) is 11.1. The Labute approximate surface area is 118 Å². The van der Waals surface area contributed by atoms with E-state index in [1.54, 1.807) is 0 Å². The summed E-state index contributed by atoms with van der Waals surface area (Å²) < 4.78 is 2.69. The summed E-state index contributed by atoms with van der Waals surface area (Å²) in [7, 11) is 0. The van der Waals surface area contributed by atoms with Crippen LogP contribution in [-0.4, -0.2) is 19.7 Å². The fraction of sp³-hybridized carbons (Fsp3) is 0.214. The number of benzene rings is 1. The summed E-state index contributed by atoms with van der Waals surface area (Å²) >= 11 is 3.47. The van der Waals surface area contributed by atoms with Gasteiger partial charge in [0.25, 0.3) is 0 Å². The van der Waals surface area contributed by atoms with Crippen LogP contribution in [0.5, 0.6) is 0 Å². The van der Waals surface area contributed by atoms with Crippen LogP contribution in [0.4, 0.5) is 0 Å². The number of nitrogens with zero attached hydrogens (tertiary/aromatic N) is 4. The van der Waals surface area contributed by atoms with E-state index in [1.807, 2.05) is 29.1 Å². The summed E-state index contributed by atoms with van der Waals surface area (Å²) in [6, 6.07) is 10.0. The third-order valence-electron chi connectivity index (χ3n) is 3.34. The van der Waals surface area contributed by atoms with E-state index in [1.165, 1.54) is 12.8 Å². The number of hydrogen-bond donors (Lipinski definition) is 0. The van der Waals surface area contributed by atoms with Crippen LogP contribution in [0.3, 0.4) is 0 Å². The molecule has 4 rings (SSSR count). The van der Waals surface area contributed by atoms with Gasteiger partial charge in [-0.2, -0.15) is 5.10 Å². The minimum Gasteiger partial charge on any atom is -0.226 e. The van der Waals surface area contributed by atoms with E-state index in [0.717, 1.165) is 27.1 Å². The molecule has 3 aromatic rings. The zero-order valence-electron chi connectivity index (χ0n) is 10.1. The van der Waals surface area contributed by atoms with Gasteiger partial charge in [0.2, 0.25) is 0 Å². The Morgan fingerprint density at radius 3 is 2.84 bits per heavy atom. The number of rotatable bonds is 2. The standard InChI is InChI=1S/C14H11BrN4/c15-12-7-13(18-14(17-12)9-5-6-9)19-11-4-2-1-3-10(11)8-16-19/h1-4,7-9H,5-6H2. The maximum Gasteiger partial charge on any atom is 0.158 e. The molecule has 0 spiro atoms. The Bertz CT molecular complexity index is 761. The largest absolute Gasteiger partial charge is 0.226 e. The molecule has 19 heavy (non-hydrogen) atoms. The maximum absolute atomic E-state index is 4.65. The fourth-order valence-corrected chi connectivity index (χ4v) is 2.60. The average molecular weight is 315 g/mol. The van der Waals surface area contributed by atoms with Crippen LogP contribution < -0.4 is 0 Å². The lowest BCUT2D eigenvalue weighted by molar-refractivity contribution is 0.822. The van der Waals surface area contributed by atoms with Gasteiger partial charge in [0.1, 0.15) is 10.4 Å². The molecule has 1 aliphatic rings. The second-order valence-electron chi connectivity index (χ2n) is 4.80. The van der Waals surface area contributed by atoms with Gasteiger partial charge in [-0.1, -0.05) is 18.2 Å². The molecule has 1 aliphatic carbocycles. The highest BCUT2D eigenvalue weighted by Gasteiger charge is 2.27. The molecule has 1 saturated carbocycles. The van der Waals surface area contributed by atoms with Crippen molar-refractivity contribution in [3.8, 4) is 5.82 Å². The van der Waals surface area contributed by atoms with Crippen molar-refractivity contribution in [2.24, 2.45) is 0 Å². The smallest absolute Gasteiger partial charge is 0.158 e. The Morgan fingerprint density at radius 2 is 2.00 bits per heavy atom. The first-order chi connectivity index (χ1) is 9.31. The van der Waals surface area contributed by atoms with Crippen LogP contribution in [0.1, 0.15) is 24.6 Å². The van der Waals surface area contributed by atoms with E-state index in [2.05, 4.69) is 43.1 Å². The summed E-state index contributed by atoms with van der Waals surface area (Å²) in [5.41, 5.74) is 1.06. The van der Waals surface area contributed by atoms with Gasteiger partial charge in [-0.25, -0.2) is 14.6 Å². The second kappa shape index (κ2) is 4.13. The third-order valence-corrected chi connectivity index (χ3v) is 3.74. The number of para-hydroxylation sites is 1. The molecule has 0 atom stereocenters. The van der Waals surface area contributed by atoms with E-state index in [0.29, 0.717) is 5.92 Å². The minimum atomic E-state index is 0.526. The van der Waals surface area contributed by atoms with E-state index in [-0.39, 0.29) is 0 Å². The highest BCUT2D eigenvalue weighted by atomic mass is 79.9. The van der Waals surface area contributed by atoms with E-state index < -0.39 is 0 Å². The number of halogens is 1. The predicted octanol–water partition coefficient (Wildman–Crippen LogP) is 3.46. The quantitative estimate of drug-likeness (QED) is 0.680. The molecule has 1 fully saturated rings. The molecule has 0 unspecified atom stereocenters. The Kier molecular flexibility index (Phi) is 2.41. The summed E-state index contributed by atoms with van der Waals surface area (Å²) in [5.74, 6) is 2.27. The summed E-state index contributed by atoms with van der Waals surface area (Å²) in [4.78, 5) is 9.10. The summed E-state index contributed by atoms with van der Waals surface area (Å²) in [6.07, 6.45) is 4.24. The Hall–Kier alpha value is -1.75. The lowest BCUT2D eigenvalue weighted by atomic mass is 10.2. The molecule has 0 radical (unpaired) electrons. The van der Waals surface area contributed by atoms with Crippen molar-refractivity contribution >= 4 is 26.8 Å². The highest BCUT2D eigenvalue weighted by Crippen LogP contribution is 2.38. The van der Waals surface area contributed by atoms with E-state index in [4.69, 9.17) is 0 Å². The molecular formula is C14H11BrN4. The van der Waals surface area contributed by atoms with Gasteiger partial charge in [-0.15, -0.1) is 0 Å². The monoisotopic (exact) mass is 314 g/mol. The Balaban J connectivity index is 1.91. The summed E-state index contributed by atoms with van der Waals surface area (Å²) in [5, 5.41) is 5.55. The average Bonchev–Trinajstić information content (AvgIpc) is 3.18. The maximum atomic E-state index is 4.65. The van der Waals surface area contributed by atoms with Crippen LogP contribution in [0.2, 0.25) is 0 Å². The first-order valence-electron chi connectivity index (χ1n) is 6.29. The van der Waals surface area contributed by atoms with Crippen molar-refractivity contribution in [1.82, 2.24) is 19.7 Å². The van der Waals surface area contributed by atoms with Crippen LogP contribution >= 0.6 is 15.9 Å². The number of hydrogen-bond acceptors (Lipinski definition) is 3. The van der Waals surface area contributed by atoms with Gasteiger partial charge < -0.3 is 0 Å². The zero-order chi connectivity index (χ0) is 12.8. The van der Waals surface area contributed by atoms with Crippen molar-refractivity contribution in [3.05, 3.63) is 47.0 Å². The molecule has 0 N–H and O–H groups in total. The third kappa shape index (κ3) is 1.94. The van der Waals surface area contributed by atoms with Gasteiger partial charge in [0.05, 0.1) is 11.7 Å². The van der Waals surface area contributed by atoms with Gasteiger partial charge in [-0.05, 0) is 34.8 Å². The van der Waals surface area contributed by atoms with Gasteiger partial charge >= 0.3 is 0 Å². The van der Waals surface area contributed by atoms with Crippen LogP contribution in [-0.2, 0) is 0 Å². The molecule has 5 heteroatoms. The molecule has 1 aromatic carbocycles. The van der Waals surface area contributed by atoms with Crippen molar-refractivity contribution in [2.75, 3.05) is 0 Å². The first-order valence-corrected chi connectivity index (χ1v) is 7.08. The molecule has 0 bridgehead atoms.